The molecule has 0 heterocycles. The smallest absolute Gasteiger partial charge is 0.179 e. The van der Waals surface area contributed by atoms with Crippen LogP contribution in [-0.4, -0.2) is 35.8 Å². The molecule has 0 aromatic heterocycles. The van der Waals surface area contributed by atoms with Gasteiger partial charge < -0.3 is 20.9 Å². The summed E-state index contributed by atoms with van der Waals surface area (Å²) in [6.07, 6.45) is 2.04. The van der Waals surface area contributed by atoms with E-state index in [2.05, 4.69) is 6.92 Å². The molecule has 84 valence electrons. The van der Waals surface area contributed by atoms with Crippen molar-refractivity contribution in [3.63, 3.8) is 0 Å². The largest absolute Gasteiger partial charge is 0.433 e. The second-order valence-corrected chi connectivity index (χ2v) is 7.59. The van der Waals surface area contributed by atoms with Crippen molar-refractivity contribution in [2.45, 2.75) is 39.4 Å². The number of rotatable bonds is 2. The molecule has 13 heavy (non-hydrogen) atoms. The molecule has 0 aromatic rings. The van der Waals surface area contributed by atoms with Gasteiger partial charge in [-0.1, -0.05) is 13.3 Å². The standard InChI is InChI=1S/C4H10O.C3H10OSi.2H2O.Zr/c1-2-3-4-5;1-5(2,3)4;;;/h5H,2-4H2,1H3;4H,1-3H3;2*1H2;. The molecule has 6 N–H and O–H groups in total. The van der Waals surface area contributed by atoms with E-state index in [1.54, 1.807) is 0 Å². The average molecular weight is 292 g/mol. The average Bonchev–Trinajstić information content (AvgIpc) is 1.63. The Morgan fingerprint density at radius 2 is 1.31 bits per heavy atom. The van der Waals surface area contributed by atoms with Gasteiger partial charge in [0.05, 0.1) is 0 Å². The van der Waals surface area contributed by atoms with Crippen molar-refractivity contribution in [2.75, 3.05) is 6.61 Å². The Morgan fingerprint density at radius 3 is 1.31 bits per heavy atom. The monoisotopic (exact) mass is 290 g/mol. The van der Waals surface area contributed by atoms with Crippen LogP contribution in [0.3, 0.4) is 0 Å². The maximum absolute atomic E-state index is 8.66. The molecule has 0 unspecified atom stereocenters. The van der Waals surface area contributed by atoms with E-state index < -0.39 is 8.32 Å². The fraction of sp³-hybridized carbons (Fsp3) is 1.00. The van der Waals surface area contributed by atoms with Gasteiger partial charge in [-0.25, -0.2) is 0 Å². The summed E-state index contributed by atoms with van der Waals surface area (Å²) in [5.74, 6) is 0. The van der Waals surface area contributed by atoms with Gasteiger partial charge in [-0.05, 0) is 26.1 Å². The zero-order valence-corrected chi connectivity index (χ0v) is 12.5. The van der Waals surface area contributed by atoms with Crippen molar-refractivity contribution >= 4 is 8.32 Å². The zero-order chi connectivity index (χ0) is 8.62. The summed E-state index contributed by atoms with van der Waals surface area (Å²) in [7, 11) is -1.61. The van der Waals surface area contributed by atoms with Crippen LogP contribution in [0.2, 0.25) is 19.6 Å². The van der Waals surface area contributed by atoms with Gasteiger partial charge in [0.2, 0.25) is 0 Å². The van der Waals surface area contributed by atoms with E-state index >= 15 is 0 Å². The van der Waals surface area contributed by atoms with Gasteiger partial charge in [-0.15, -0.1) is 0 Å². The normalized spacial score (nSPS) is 7.85. The van der Waals surface area contributed by atoms with Crippen LogP contribution in [0.5, 0.6) is 0 Å². The van der Waals surface area contributed by atoms with E-state index in [0.29, 0.717) is 6.61 Å². The maximum atomic E-state index is 8.66. The van der Waals surface area contributed by atoms with Crippen molar-refractivity contribution in [2.24, 2.45) is 0 Å². The van der Waals surface area contributed by atoms with Gasteiger partial charge >= 0.3 is 0 Å². The molecule has 0 amide bonds. The third kappa shape index (κ3) is 179. The summed E-state index contributed by atoms with van der Waals surface area (Å²) in [6.45, 7) is 8.04. The molecule has 0 spiro atoms. The SMILES string of the molecule is CCCCO.C[Si](C)(C)O.O.O.[Zr]. The van der Waals surface area contributed by atoms with E-state index in [4.69, 9.17) is 9.90 Å². The van der Waals surface area contributed by atoms with Crippen LogP contribution in [0.15, 0.2) is 0 Å². The Kier molecular flexibility index (Phi) is 41.9. The molecular formula is C7H24O4SiZr. The minimum Gasteiger partial charge on any atom is -0.433 e. The molecule has 4 nitrogen and oxygen atoms in total. The topological polar surface area (TPSA) is 103 Å². The summed E-state index contributed by atoms with van der Waals surface area (Å²) in [6, 6.07) is 0. The predicted octanol–water partition coefficient (Wildman–Crippen LogP) is -0.0595. The Morgan fingerprint density at radius 1 is 1.08 bits per heavy atom. The molecule has 0 bridgehead atoms. The Labute approximate surface area is 101 Å². The summed E-state index contributed by atoms with van der Waals surface area (Å²) < 4.78 is 0. The van der Waals surface area contributed by atoms with Crippen LogP contribution in [-0.2, 0) is 26.2 Å². The van der Waals surface area contributed by atoms with E-state index in [0.717, 1.165) is 12.8 Å². The van der Waals surface area contributed by atoms with E-state index in [1.807, 2.05) is 19.6 Å². The predicted molar refractivity (Wildman–Crippen MR) is 54.8 cm³/mol. The van der Waals surface area contributed by atoms with Crippen molar-refractivity contribution in [1.29, 1.82) is 0 Å². The summed E-state index contributed by atoms with van der Waals surface area (Å²) >= 11 is 0. The molecule has 0 saturated carbocycles. The number of unbranched alkanes of at least 4 members (excludes halogenated alkanes) is 1. The van der Waals surface area contributed by atoms with Crippen LogP contribution in [0.4, 0.5) is 0 Å². The first-order valence-electron chi connectivity index (χ1n) is 3.75. The molecular weight excluding hydrogens is 267 g/mol. The first-order valence-corrected chi connectivity index (χ1v) is 7.19. The molecule has 0 saturated heterocycles. The van der Waals surface area contributed by atoms with Crippen molar-refractivity contribution in [3.8, 4) is 0 Å². The van der Waals surface area contributed by atoms with E-state index in [-0.39, 0.29) is 37.2 Å². The van der Waals surface area contributed by atoms with Gasteiger partial charge in [0, 0.05) is 32.8 Å². The van der Waals surface area contributed by atoms with Crippen LogP contribution in [0, 0.1) is 0 Å². The summed E-state index contributed by atoms with van der Waals surface area (Å²) in [4.78, 5) is 8.66. The van der Waals surface area contributed by atoms with Crippen LogP contribution in [0.25, 0.3) is 0 Å². The second kappa shape index (κ2) is 18.7. The van der Waals surface area contributed by atoms with Gasteiger partial charge in [0.1, 0.15) is 0 Å². The quantitative estimate of drug-likeness (QED) is 0.696. The Balaban J connectivity index is -0.0000000267. The third-order valence-corrected chi connectivity index (χ3v) is 0.512. The zero-order valence-electron chi connectivity index (χ0n) is 9.02. The van der Waals surface area contributed by atoms with Crippen LogP contribution < -0.4 is 0 Å². The molecule has 0 radical (unpaired) electrons. The number of aliphatic hydroxyl groups is 1. The van der Waals surface area contributed by atoms with Gasteiger partial charge in [-0.3, -0.25) is 0 Å². The van der Waals surface area contributed by atoms with E-state index in [1.165, 1.54) is 0 Å². The molecule has 0 fully saturated rings. The summed E-state index contributed by atoms with van der Waals surface area (Å²) in [5.41, 5.74) is 0. The Bertz CT molecular complexity index is 60.0. The fourth-order valence-corrected chi connectivity index (χ4v) is 0.158. The fourth-order valence-electron chi connectivity index (χ4n) is 0.158. The van der Waals surface area contributed by atoms with Crippen LogP contribution in [0.1, 0.15) is 19.8 Å². The molecule has 0 aromatic carbocycles. The second-order valence-electron chi connectivity index (χ2n) is 3.25. The third-order valence-electron chi connectivity index (χ3n) is 0.512. The minimum absolute atomic E-state index is 0. The molecule has 0 rings (SSSR count). The molecule has 0 aliphatic rings. The maximum Gasteiger partial charge on any atom is 0.179 e. The molecule has 6 heteroatoms. The Hall–Kier alpha value is 0.940. The number of aliphatic hydroxyl groups excluding tert-OH is 1. The number of hydrogen-bond donors (Lipinski definition) is 2. The molecule has 0 aliphatic carbocycles. The van der Waals surface area contributed by atoms with Gasteiger partial charge in [0.25, 0.3) is 0 Å². The summed E-state index contributed by atoms with van der Waals surface area (Å²) in [5, 5.41) is 8.07. The van der Waals surface area contributed by atoms with Crippen molar-refractivity contribution in [3.05, 3.63) is 0 Å². The van der Waals surface area contributed by atoms with Gasteiger partial charge in [0.15, 0.2) is 8.32 Å². The van der Waals surface area contributed by atoms with Crippen molar-refractivity contribution < 1.29 is 47.1 Å². The number of hydrogen-bond acceptors (Lipinski definition) is 2. The van der Waals surface area contributed by atoms with Crippen molar-refractivity contribution in [1.82, 2.24) is 0 Å². The minimum atomic E-state index is -1.61. The molecule has 0 atom stereocenters. The first kappa shape index (κ1) is 29.2. The van der Waals surface area contributed by atoms with E-state index in [9.17, 15) is 0 Å². The van der Waals surface area contributed by atoms with Gasteiger partial charge in [-0.2, -0.15) is 0 Å². The molecule has 0 aliphatic heterocycles. The van der Waals surface area contributed by atoms with Crippen LogP contribution >= 0.6 is 0 Å². The first-order chi connectivity index (χ1) is 4.41.